The molecule has 2 heterocycles. The summed E-state index contributed by atoms with van der Waals surface area (Å²) in [6.07, 6.45) is -1.17. The van der Waals surface area contributed by atoms with Crippen LogP contribution >= 0.6 is 11.3 Å². The molecule has 10 heteroatoms. The topological polar surface area (TPSA) is 97.2 Å². The second-order valence-electron chi connectivity index (χ2n) is 5.77. The van der Waals surface area contributed by atoms with Crippen LogP contribution in [0.3, 0.4) is 0 Å². The Bertz CT molecular complexity index is 1210. The van der Waals surface area contributed by atoms with Crippen molar-refractivity contribution in [3.05, 3.63) is 42.1 Å². The van der Waals surface area contributed by atoms with Crippen molar-refractivity contribution in [1.29, 1.82) is 0 Å². The lowest BCUT2D eigenvalue weighted by atomic mass is 10.2. The van der Waals surface area contributed by atoms with Gasteiger partial charge in [0, 0.05) is 5.56 Å². The molecule has 7 nitrogen and oxygen atoms in total. The number of nitrogens with one attached hydrogen (secondary N) is 1. The van der Waals surface area contributed by atoms with E-state index in [1.54, 1.807) is 36.4 Å². The largest absolute Gasteiger partial charge is 0.465 e. The first-order valence-corrected chi connectivity index (χ1v) is 8.86. The molecule has 0 unspecified atom stereocenters. The van der Waals surface area contributed by atoms with E-state index in [1.807, 2.05) is 0 Å². The van der Waals surface area contributed by atoms with Crippen LogP contribution in [0.1, 0.15) is 5.69 Å². The fraction of sp³-hybridized carbons (Fsp3) is 0.111. The highest BCUT2D eigenvalue weighted by molar-refractivity contribution is 7.22. The summed E-state index contributed by atoms with van der Waals surface area (Å²) in [6, 6.07) is 10.3. The van der Waals surface area contributed by atoms with Crippen molar-refractivity contribution in [3.63, 3.8) is 0 Å². The first-order valence-electron chi connectivity index (χ1n) is 8.04. The number of hydrogen-bond acceptors (Lipinski definition) is 6. The number of halogens is 2. The highest BCUT2D eigenvalue weighted by Crippen LogP contribution is 2.37. The molecule has 0 saturated heterocycles. The Morgan fingerprint density at radius 3 is 2.64 bits per heavy atom. The molecule has 0 aliphatic rings. The van der Waals surface area contributed by atoms with Crippen LogP contribution in [-0.2, 0) is 0 Å². The number of carbonyl (C=O) groups is 1. The number of alkyl halides is 2. The Balaban J connectivity index is 1.87. The quantitative estimate of drug-likeness (QED) is 0.504. The van der Waals surface area contributed by atoms with E-state index in [0.29, 0.717) is 37.5 Å². The summed E-state index contributed by atoms with van der Waals surface area (Å²) in [6.45, 7) is -1.45. The molecule has 2 N–H and O–H groups in total. The molecule has 0 bridgehead atoms. The van der Waals surface area contributed by atoms with Crippen LogP contribution in [0.5, 0.6) is 5.88 Å². The number of nitrogens with zero attached hydrogens (tertiary/aromatic N) is 3. The number of carboxylic acid groups (broad SMARTS) is 1. The molecule has 2 aromatic carbocycles. The SMILES string of the molecule is Cc1nc2c(-c3nc4cccc(NC(=O)O)c4s3)cccc2nc1OC(F)F. The summed E-state index contributed by atoms with van der Waals surface area (Å²) >= 11 is 1.30. The van der Waals surface area contributed by atoms with Crippen molar-refractivity contribution < 1.29 is 23.4 Å². The van der Waals surface area contributed by atoms with Gasteiger partial charge in [0.1, 0.15) is 10.7 Å². The van der Waals surface area contributed by atoms with Crippen LogP contribution in [0.2, 0.25) is 0 Å². The minimum absolute atomic E-state index is 0.225. The fourth-order valence-electron chi connectivity index (χ4n) is 2.79. The highest BCUT2D eigenvalue weighted by Gasteiger charge is 2.17. The number of anilines is 1. The molecule has 0 spiro atoms. The van der Waals surface area contributed by atoms with Crippen LogP contribution in [0, 0.1) is 6.92 Å². The van der Waals surface area contributed by atoms with Gasteiger partial charge in [0.2, 0.25) is 5.88 Å². The van der Waals surface area contributed by atoms with Gasteiger partial charge < -0.3 is 9.84 Å². The minimum atomic E-state index is -2.99. The lowest BCUT2D eigenvalue weighted by Crippen LogP contribution is -2.06. The fourth-order valence-corrected chi connectivity index (χ4v) is 3.85. The van der Waals surface area contributed by atoms with Crippen LogP contribution in [0.15, 0.2) is 36.4 Å². The summed E-state index contributed by atoms with van der Waals surface area (Å²) < 4.78 is 30.2. The second-order valence-corrected chi connectivity index (χ2v) is 6.77. The van der Waals surface area contributed by atoms with Crippen LogP contribution in [0.4, 0.5) is 19.3 Å². The maximum absolute atomic E-state index is 12.5. The Hall–Kier alpha value is -3.40. The first-order chi connectivity index (χ1) is 13.4. The summed E-state index contributed by atoms with van der Waals surface area (Å²) in [5.41, 5.74) is 2.85. The number of rotatable bonds is 4. The standard InChI is InChI=1S/C18H12F2N4O3S/c1-8-15(27-17(19)20)22-10-5-2-4-9(13(10)21-8)16-23-11-6-3-7-12(14(11)28-16)24-18(25)26/h2-7,17,24H,1H3,(H,25,26). The highest BCUT2D eigenvalue weighted by atomic mass is 32.1. The molecule has 0 radical (unpaired) electrons. The number of amides is 1. The third-order valence-corrected chi connectivity index (χ3v) is 5.05. The number of thiazole rings is 1. The maximum Gasteiger partial charge on any atom is 0.409 e. The molecule has 0 atom stereocenters. The van der Waals surface area contributed by atoms with E-state index in [2.05, 4.69) is 25.0 Å². The number of hydrogen-bond donors (Lipinski definition) is 2. The van der Waals surface area contributed by atoms with Gasteiger partial charge >= 0.3 is 12.7 Å². The zero-order valence-electron chi connectivity index (χ0n) is 14.3. The number of benzene rings is 2. The van der Waals surface area contributed by atoms with Gasteiger partial charge in [0.15, 0.2) is 0 Å². The lowest BCUT2D eigenvalue weighted by molar-refractivity contribution is -0.0533. The van der Waals surface area contributed by atoms with Gasteiger partial charge in [-0.15, -0.1) is 11.3 Å². The number of ether oxygens (including phenoxy) is 1. The van der Waals surface area contributed by atoms with Gasteiger partial charge in [-0.3, -0.25) is 5.32 Å². The first kappa shape index (κ1) is 18.0. The van der Waals surface area contributed by atoms with Gasteiger partial charge in [-0.25, -0.2) is 19.7 Å². The molecule has 1 amide bonds. The normalized spacial score (nSPS) is 11.3. The predicted molar refractivity (Wildman–Crippen MR) is 101 cm³/mol. The van der Waals surface area contributed by atoms with E-state index >= 15 is 0 Å². The Morgan fingerprint density at radius 1 is 1.14 bits per heavy atom. The smallest absolute Gasteiger partial charge is 0.409 e. The molecule has 4 rings (SSSR count). The number of fused-ring (bicyclic) bond motifs is 2. The third-order valence-electron chi connectivity index (χ3n) is 3.91. The lowest BCUT2D eigenvalue weighted by Gasteiger charge is -2.09. The van der Waals surface area contributed by atoms with E-state index in [9.17, 15) is 13.6 Å². The van der Waals surface area contributed by atoms with Crippen LogP contribution < -0.4 is 10.1 Å². The molecule has 0 aliphatic carbocycles. The van der Waals surface area contributed by atoms with Gasteiger partial charge in [0.25, 0.3) is 0 Å². The van der Waals surface area contributed by atoms with Crippen molar-refractivity contribution in [2.24, 2.45) is 0 Å². The van der Waals surface area contributed by atoms with Crippen molar-refractivity contribution in [2.75, 3.05) is 5.32 Å². The van der Waals surface area contributed by atoms with Crippen molar-refractivity contribution in [2.45, 2.75) is 13.5 Å². The summed E-state index contributed by atoms with van der Waals surface area (Å²) in [4.78, 5) is 24.1. The van der Waals surface area contributed by atoms with Crippen molar-refractivity contribution in [1.82, 2.24) is 15.0 Å². The molecule has 0 fully saturated rings. The molecule has 2 aromatic heterocycles. The molecule has 142 valence electrons. The summed E-state index contributed by atoms with van der Waals surface area (Å²) in [5, 5.41) is 12.0. The second kappa shape index (κ2) is 6.97. The van der Waals surface area contributed by atoms with E-state index in [1.165, 1.54) is 18.3 Å². The van der Waals surface area contributed by atoms with Crippen molar-refractivity contribution >= 4 is 44.4 Å². The molecule has 28 heavy (non-hydrogen) atoms. The molecule has 0 aliphatic heterocycles. The van der Waals surface area contributed by atoms with Gasteiger partial charge in [-0.2, -0.15) is 8.78 Å². The molecule has 4 aromatic rings. The monoisotopic (exact) mass is 402 g/mol. The van der Waals surface area contributed by atoms with Gasteiger partial charge in [-0.05, 0) is 31.2 Å². The number of aromatic nitrogens is 3. The number of para-hydroxylation sites is 1. The van der Waals surface area contributed by atoms with E-state index in [4.69, 9.17) is 5.11 Å². The molecular weight excluding hydrogens is 390 g/mol. The number of aryl methyl sites for hydroxylation is 1. The van der Waals surface area contributed by atoms with Gasteiger partial charge in [-0.1, -0.05) is 12.1 Å². The van der Waals surface area contributed by atoms with E-state index in [-0.39, 0.29) is 11.6 Å². The predicted octanol–water partition coefficient (Wildman–Crippen LogP) is 4.91. The third kappa shape index (κ3) is 3.29. The van der Waals surface area contributed by atoms with E-state index in [0.717, 1.165) is 0 Å². The zero-order valence-corrected chi connectivity index (χ0v) is 15.1. The minimum Gasteiger partial charge on any atom is -0.465 e. The van der Waals surface area contributed by atoms with E-state index < -0.39 is 12.7 Å². The summed E-state index contributed by atoms with van der Waals surface area (Å²) in [7, 11) is 0. The van der Waals surface area contributed by atoms with Gasteiger partial charge in [0.05, 0.1) is 26.9 Å². The molecular formula is C18H12F2N4O3S. The Kier molecular flexibility index (Phi) is 4.47. The average Bonchev–Trinajstić information content (AvgIpc) is 3.06. The zero-order chi connectivity index (χ0) is 19.8. The van der Waals surface area contributed by atoms with Crippen molar-refractivity contribution in [3.8, 4) is 16.5 Å². The van der Waals surface area contributed by atoms with Crippen LogP contribution in [-0.4, -0.2) is 32.8 Å². The summed E-state index contributed by atoms with van der Waals surface area (Å²) in [5.74, 6) is -0.225. The Morgan fingerprint density at radius 2 is 1.89 bits per heavy atom. The average molecular weight is 402 g/mol. The Labute approximate surface area is 160 Å². The van der Waals surface area contributed by atoms with Crippen LogP contribution in [0.25, 0.3) is 31.8 Å². The molecule has 0 saturated carbocycles. The maximum atomic E-state index is 12.5.